The SMILES string of the molecule is Cc1nc(Cc2noc(CCC(C)CCN)n2)cs1. The van der Waals surface area contributed by atoms with E-state index in [0.29, 0.717) is 24.1 Å². The molecule has 19 heavy (non-hydrogen) atoms. The first-order valence-corrected chi connectivity index (χ1v) is 7.48. The van der Waals surface area contributed by atoms with Gasteiger partial charge in [0.1, 0.15) is 0 Å². The fraction of sp³-hybridized carbons (Fsp3) is 0.615. The summed E-state index contributed by atoms with van der Waals surface area (Å²) in [6.45, 7) is 4.93. The number of nitrogens with zero attached hydrogens (tertiary/aromatic N) is 3. The normalized spacial score (nSPS) is 12.8. The van der Waals surface area contributed by atoms with Crippen molar-refractivity contribution in [3.05, 3.63) is 27.8 Å². The highest BCUT2D eigenvalue weighted by atomic mass is 32.1. The Bertz CT molecular complexity index is 508. The van der Waals surface area contributed by atoms with Gasteiger partial charge in [0.25, 0.3) is 0 Å². The van der Waals surface area contributed by atoms with Gasteiger partial charge in [-0.05, 0) is 32.2 Å². The van der Waals surface area contributed by atoms with Crippen molar-refractivity contribution in [3.8, 4) is 0 Å². The Balaban J connectivity index is 1.85. The summed E-state index contributed by atoms with van der Waals surface area (Å²) in [5, 5.41) is 7.10. The first-order valence-electron chi connectivity index (χ1n) is 6.60. The molecule has 1 atom stereocenters. The molecule has 0 aliphatic rings. The van der Waals surface area contributed by atoms with E-state index in [1.807, 2.05) is 12.3 Å². The van der Waals surface area contributed by atoms with Crippen LogP contribution < -0.4 is 5.73 Å². The molecule has 104 valence electrons. The molecule has 5 nitrogen and oxygen atoms in total. The van der Waals surface area contributed by atoms with E-state index in [0.717, 1.165) is 36.5 Å². The molecule has 0 bridgehead atoms. The average Bonchev–Trinajstić information content (AvgIpc) is 2.97. The van der Waals surface area contributed by atoms with Gasteiger partial charge in [0.05, 0.1) is 17.1 Å². The van der Waals surface area contributed by atoms with E-state index in [4.69, 9.17) is 10.3 Å². The van der Waals surface area contributed by atoms with Crippen LogP contribution in [-0.4, -0.2) is 21.7 Å². The Labute approximate surface area is 117 Å². The van der Waals surface area contributed by atoms with Crippen LogP contribution >= 0.6 is 11.3 Å². The lowest BCUT2D eigenvalue weighted by Gasteiger charge is -2.06. The van der Waals surface area contributed by atoms with Crippen LogP contribution in [0.25, 0.3) is 0 Å². The minimum Gasteiger partial charge on any atom is -0.339 e. The molecule has 2 rings (SSSR count). The highest BCUT2D eigenvalue weighted by Crippen LogP contribution is 2.14. The molecule has 0 aromatic carbocycles. The molecule has 0 saturated carbocycles. The van der Waals surface area contributed by atoms with E-state index in [9.17, 15) is 0 Å². The third kappa shape index (κ3) is 4.40. The zero-order valence-corrected chi connectivity index (χ0v) is 12.2. The largest absolute Gasteiger partial charge is 0.339 e. The van der Waals surface area contributed by atoms with Crippen LogP contribution in [0.2, 0.25) is 0 Å². The van der Waals surface area contributed by atoms with Gasteiger partial charge < -0.3 is 10.3 Å². The quantitative estimate of drug-likeness (QED) is 0.842. The van der Waals surface area contributed by atoms with Gasteiger partial charge in [0.2, 0.25) is 5.89 Å². The van der Waals surface area contributed by atoms with Crippen LogP contribution in [0.1, 0.15) is 42.2 Å². The maximum absolute atomic E-state index is 5.53. The molecule has 0 aliphatic heterocycles. The molecule has 2 aromatic heterocycles. The van der Waals surface area contributed by atoms with Crippen molar-refractivity contribution in [3.63, 3.8) is 0 Å². The molecule has 6 heteroatoms. The van der Waals surface area contributed by atoms with Gasteiger partial charge in [-0.25, -0.2) is 4.98 Å². The van der Waals surface area contributed by atoms with Crippen molar-refractivity contribution in [1.82, 2.24) is 15.1 Å². The summed E-state index contributed by atoms with van der Waals surface area (Å²) in [6, 6.07) is 0. The molecule has 2 N–H and O–H groups in total. The zero-order chi connectivity index (χ0) is 13.7. The first kappa shape index (κ1) is 14.1. The first-order chi connectivity index (χ1) is 9.17. The van der Waals surface area contributed by atoms with Crippen LogP contribution in [-0.2, 0) is 12.8 Å². The van der Waals surface area contributed by atoms with E-state index >= 15 is 0 Å². The summed E-state index contributed by atoms with van der Waals surface area (Å²) in [6.07, 6.45) is 3.55. The predicted molar refractivity (Wildman–Crippen MR) is 75.1 cm³/mol. The zero-order valence-electron chi connectivity index (χ0n) is 11.4. The summed E-state index contributed by atoms with van der Waals surface area (Å²) >= 11 is 1.64. The summed E-state index contributed by atoms with van der Waals surface area (Å²) in [4.78, 5) is 8.80. The molecular formula is C13H20N4OS. The van der Waals surface area contributed by atoms with Crippen LogP contribution in [0.5, 0.6) is 0 Å². The lowest BCUT2D eigenvalue weighted by molar-refractivity contribution is 0.358. The Kier molecular flexibility index (Phi) is 5.04. The van der Waals surface area contributed by atoms with Crippen molar-refractivity contribution in [2.24, 2.45) is 11.7 Å². The third-order valence-corrected chi connectivity index (χ3v) is 3.85. The van der Waals surface area contributed by atoms with Crippen molar-refractivity contribution >= 4 is 11.3 Å². The predicted octanol–water partition coefficient (Wildman–Crippen LogP) is 2.34. The van der Waals surface area contributed by atoms with E-state index < -0.39 is 0 Å². The van der Waals surface area contributed by atoms with Crippen LogP contribution in [0.4, 0.5) is 0 Å². The minimum absolute atomic E-state index is 0.599. The summed E-state index contributed by atoms with van der Waals surface area (Å²) in [5.41, 5.74) is 6.54. The van der Waals surface area contributed by atoms with Crippen molar-refractivity contribution in [2.45, 2.75) is 39.5 Å². The van der Waals surface area contributed by atoms with Crippen LogP contribution in [0.15, 0.2) is 9.90 Å². The van der Waals surface area contributed by atoms with Crippen LogP contribution in [0.3, 0.4) is 0 Å². The lowest BCUT2D eigenvalue weighted by Crippen LogP contribution is -2.06. The van der Waals surface area contributed by atoms with Gasteiger partial charge in [-0.3, -0.25) is 0 Å². The second-order valence-corrected chi connectivity index (χ2v) is 5.92. The number of nitrogens with two attached hydrogens (primary N) is 1. The summed E-state index contributed by atoms with van der Waals surface area (Å²) < 4.78 is 5.26. The van der Waals surface area contributed by atoms with Gasteiger partial charge in [-0.2, -0.15) is 4.98 Å². The Hall–Kier alpha value is -1.27. The second kappa shape index (κ2) is 6.77. The van der Waals surface area contributed by atoms with Gasteiger partial charge in [0.15, 0.2) is 5.82 Å². The highest BCUT2D eigenvalue weighted by Gasteiger charge is 2.10. The number of hydrogen-bond donors (Lipinski definition) is 1. The molecule has 0 radical (unpaired) electrons. The Morgan fingerprint density at radius 3 is 2.89 bits per heavy atom. The number of aryl methyl sites for hydroxylation is 2. The average molecular weight is 280 g/mol. The standard InChI is InChI=1S/C13H20N4OS/c1-9(5-6-14)3-4-13-16-12(17-18-13)7-11-8-19-10(2)15-11/h8-9H,3-7,14H2,1-2H3. The topological polar surface area (TPSA) is 77.8 Å². The molecular weight excluding hydrogens is 260 g/mol. The fourth-order valence-corrected chi connectivity index (χ4v) is 2.53. The molecule has 0 saturated heterocycles. The molecule has 0 fully saturated rings. The van der Waals surface area contributed by atoms with E-state index in [2.05, 4.69) is 22.0 Å². The molecule has 2 heterocycles. The monoisotopic (exact) mass is 280 g/mol. The number of rotatable bonds is 7. The Morgan fingerprint density at radius 1 is 1.37 bits per heavy atom. The molecule has 0 amide bonds. The van der Waals surface area contributed by atoms with Crippen LogP contribution in [0, 0.1) is 12.8 Å². The number of aromatic nitrogens is 3. The molecule has 2 aromatic rings. The lowest BCUT2D eigenvalue weighted by atomic mass is 10.0. The fourth-order valence-electron chi connectivity index (χ4n) is 1.91. The smallest absolute Gasteiger partial charge is 0.226 e. The molecule has 0 aliphatic carbocycles. The van der Waals surface area contributed by atoms with Gasteiger partial charge >= 0.3 is 0 Å². The maximum Gasteiger partial charge on any atom is 0.226 e. The highest BCUT2D eigenvalue weighted by molar-refractivity contribution is 7.09. The molecule has 0 spiro atoms. The minimum atomic E-state index is 0.599. The number of hydrogen-bond acceptors (Lipinski definition) is 6. The van der Waals surface area contributed by atoms with Gasteiger partial charge in [0, 0.05) is 11.8 Å². The third-order valence-electron chi connectivity index (χ3n) is 3.03. The number of thiazole rings is 1. The van der Waals surface area contributed by atoms with Gasteiger partial charge in [-0.1, -0.05) is 12.1 Å². The van der Waals surface area contributed by atoms with Crippen molar-refractivity contribution < 1.29 is 4.52 Å². The van der Waals surface area contributed by atoms with Gasteiger partial charge in [-0.15, -0.1) is 11.3 Å². The summed E-state index contributed by atoms with van der Waals surface area (Å²) in [7, 11) is 0. The summed E-state index contributed by atoms with van der Waals surface area (Å²) in [5.74, 6) is 2.03. The van der Waals surface area contributed by atoms with Crippen molar-refractivity contribution in [1.29, 1.82) is 0 Å². The van der Waals surface area contributed by atoms with E-state index in [-0.39, 0.29) is 0 Å². The maximum atomic E-state index is 5.53. The van der Waals surface area contributed by atoms with E-state index in [1.54, 1.807) is 11.3 Å². The van der Waals surface area contributed by atoms with Crippen molar-refractivity contribution in [2.75, 3.05) is 6.54 Å². The second-order valence-electron chi connectivity index (χ2n) is 4.86. The molecule has 1 unspecified atom stereocenters. The van der Waals surface area contributed by atoms with E-state index in [1.165, 1.54) is 0 Å². The Morgan fingerprint density at radius 2 is 2.21 bits per heavy atom.